The average Bonchev–Trinajstić information content (AvgIpc) is 2.39. The van der Waals surface area contributed by atoms with Crippen LogP contribution in [-0.2, 0) is 9.84 Å². The zero-order chi connectivity index (χ0) is 14.8. The van der Waals surface area contributed by atoms with Crippen LogP contribution in [0.15, 0.2) is 29.2 Å². The van der Waals surface area contributed by atoms with E-state index in [0.717, 1.165) is 38.1 Å². The number of halogens is 3. The SMILES string of the molecule is O=S(=O)(c1ccc(OC2CCNCC2)cc1)C(F)(F)F. The van der Waals surface area contributed by atoms with Gasteiger partial charge < -0.3 is 10.1 Å². The molecule has 8 heteroatoms. The second-order valence-corrected chi connectivity index (χ2v) is 6.43. The Hall–Kier alpha value is -1.28. The van der Waals surface area contributed by atoms with E-state index in [0.29, 0.717) is 5.75 Å². The fourth-order valence-corrected chi connectivity index (χ4v) is 2.70. The van der Waals surface area contributed by atoms with E-state index < -0.39 is 20.2 Å². The fourth-order valence-electron chi connectivity index (χ4n) is 1.94. The smallest absolute Gasteiger partial charge is 0.490 e. The third-order valence-corrected chi connectivity index (χ3v) is 4.53. The van der Waals surface area contributed by atoms with E-state index in [1.165, 1.54) is 12.1 Å². The minimum Gasteiger partial charge on any atom is -0.490 e. The highest BCUT2D eigenvalue weighted by molar-refractivity contribution is 7.92. The summed E-state index contributed by atoms with van der Waals surface area (Å²) >= 11 is 0. The first kappa shape index (κ1) is 15.1. The van der Waals surface area contributed by atoms with Crippen molar-refractivity contribution in [2.24, 2.45) is 0 Å². The number of hydrogen-bond acceptors (Lipinski definition) is 4. The molecular formula is C12H14F3NO3S. The average molecular weight is 309 g/mol. The molecular weight excluding hydrogens is 295 g/mol. The number of benzene rings is 1. The molecule has 1 aromatic rings. The van der Waals surface area contributed by atoms with Gasteiger partial charge in [-0.25, -0.2) is 8.42 Å². The lowest BCUT2D eigenvalue weighted by atomic mass is 10.1. The Labute approximate surface area is 114 Å². The summed E-state index contributed by atoms with van der Waals surface area (Å²) in [6, 6.07) is 4.33. The Kier molecular flexibility index (Phi) is 4.24. The molecule has 0 aromatic heterocycles. The monoisotopic (exact) mass is 309 g/mol. The summed E-state index contributed by atoms with van der Waals surface area (Å²) in [5.74, 6) is 0.373. The van der Waals surface area contributed by atoms with Gasteiger partial charge in [0.15, 0.2) is 0 Å². The number of piperidine rings is 1. The molecule has 0 spiro atoms. The van der Waals surface area contributed by atoms with Crippen molar-refractivity contribution in [3.05, 3.63) is 24.3 Å². The molecule has 0 saturated carbocycles. The lowest BCUT2D eigenvalue weighted by Crippen LogP contribution is -2.34. The van der Waals surface area contributed by atoms with E-state index in [-0.39, 0.29) is 6.10 Å². The molecule has 1 aromatic carbocycles. The van der Waals surface area contributed by atoms with Crippen molar-refractivity contribution in [1.82, 2.24) is 5.32 Å². The number of ether oxygens (including phenoxy) is 1. The zero-order valence-electron chi connectivity index (χ0n) is 10.5. The van der Waals surface area contributed by atoms with Gasteiger partial charge in [0.25, 0.3) is 9.84 Å². The zero-order valence-corrected chi connectivity index (χ0v) is 11.3. The van der Waals surface area contributed by atoms with Crippen LogP contribution in [0.3, 0.4) is 0 Å². The highest BCUT2D eigenvalue weighted by atomic mass is 32.2. The van der Waals surface area contributed by atoms with Crippen LogP contribution in [-0.4, -0.2) is 33.1 Å². The van der Waals surface area contributed by atoms with Crippen LogP contribution in [0.5, 0.6) is 5.75 Å². The maximum absolute atomic E-state index is 12.4. The quantitative estimate of drug-likeness (QED) is 0.929. The van der Waals surface area contributed by atoms with Gasteiger partial charge in [0.05, 0.1) is 4.90 Å². The Morgan fingerprint density at radius 3 is 2.15 bits per heavy atom. The van der Waals surface area contributed by atoms with Gasteiger partial charge >= 0.3 is 5.51 Å². The van der Waals surface area contributed by atoms with Gasteiger partial charge in [0, 0.05) is 0 Å². The molecule has 112 valence electrons. The largest absolute Gasteiger partial charge is 0.501 e. The van der Waals surface area contributed by atoms with Gasteiger partial charge in [0.2, 0.25) is 0 Å². The van der Waals surface area contributed by atoms with E-state index in [9.17, 15) is 21.6 Å². The molecule has 2 rings (SSSR count). The van der Waals surface area contributed by atoms with Crippen LogP contribution in [0.2, 0.25) is 0 Å². The van der Waals surface area contributed by atoms with Crippen LogP contribution in [0, 0.1) is 0 Å². The molecule has 1 N–H and O–H groups in total. The summed E-state index contributed by atoms with van der Waals surface area (Å²) in [7, 11) is -5.29. The van der Waals surface area contributed by atoms with Crippen molar-refractivity contribution in [3.8, 4) is 5.75 Å². The summed E-state index contributed by atoms with van der Waals surface area (Å²) < 4.78 is 65.1. The molecule has 0 amide bonds. The molecule has 4 nitrogen and oxygen atoms in total. The Morgan fingerprint density at radius 2 is 1.65 bits per heavy atom. The Balaban J connectivity index is 2.10. The van der Waals surface area contributed by atoms with Crippen molar-refractivity contribution in [1.29, 1.82) is 0 Å². The van der Waals surface area contributed by atoms with Gasteiger partial charge in [-0.1, -0.05) is 0 Å². The topological polar surface area (TPSA) is 55.4 Å². The number of rotatable bonds is 3. The van der Waals surface area contributed by atoms with E-state index in [4.69, 9.17) is 4.74 Å². The fraction of sp³-hybridized carbons (Fsp3) is 0.500. The van der Waals surface area contributed by atoms with Crippen LogP contribution in [0.4, 0.5) is 13.2 Å². The summed E-state index contributed by atoms with van der Waals surface area (Å²) in [5, 5.41) is 3.16. The normalized spacial score (nSPS) is 17.9. The molecule has 1 fully saturated rings. The first-order valence-corrected chi connectivity index (χ1v) is 7.58. The summed E-state index contributed by atoms with van der Waals surface area (Å²) in [5.41, 5.74) is -5.29. The lowest BCUT2D eigenvalue weighted by Gasteiger charge is -2.23. The second kappa shape index (κ2) is 5.61. The van der Waals surface area contributed by atoms with Crippen molar-refractivity contribution < 1.29 is 26.3 Å². The second-order valence-electron chi connectivity index (χ2n) is 4.49. The predicted molar refractivity (Wildman–Crippen MR) is 66.2 cm³/mol. The molecule has 1 aliphatic rings. The molecule has 1 saturated heterocycles. The van der Waals surface area contributed by atoms with E-state index in [2.05, 4.69) is 5.32 Å². The summed E-state index contributed by atoms with van der Waals surface area (Å²) in [6.45, 7) is 1.65. The Morgan fingerprint density at radius 1 is 1.10 bits per heavy atom. The first-order chi connectivity index (χ1) is 9.30. The predicted octanol–water partition coefficient (Wildman–Crippen LogP) is 2.11. The van der Waals surface area contributed by atoms with Crippen molar-refractivity contribution in [3.63, 3.8) is 0 Å². The number of hydrogen-bond donors (Lipinski definition) is 1. The summed E-state index contributed by atoms with van der Waals surface area (Å²) in [4.78, 5) is -0.775. The molecule has 0 aliphatic carbocycles. The minimum absolute atomic E-state index is 0.00123. The lowest BCUT2D eigenvalue weighted by molar-refractivity contribution is -0.0436. The molecule has 20 heavy (non-hydrogen) atoms. The highest BCUT2D eigenvalue weighted by Gasteiger charge is 2.46. The van der Waals surface area contributed by atoms with Crippen molar-refractivity contribution >= 4 is 9.84 Å². The number of nitrogens with one attached hydrogen (secondary N) is 1. The highest BCUT2D eigenvalue weighted by Crippen LogP contribution is 2.31. The van der Waals surface area contributed by atoms with Crippen LogP contribution in [0.25, 0.3) is 0 Å². The molecule has 0 unspecified atom stereocenters. The number of sulfone groups is 1. The maximum Gasteiger partial charge on any atom is 0.501 e. The van der Waals surface area contributed by atoms with Gasteiger partial charge in [-0.3, -0.25) is 0 Å². The molecule has 1 heterocycles. The van der Waals surface area contributed by atoms with Gasteiger partial charge in [-0.15, -0.1) is 0 Å². The van der Waals surface area contributed by atoms with Gasteiger partial charge in [-0.05, 0) is 50.2 Å². The minimum atomic E-state index is -5.29. The maximum atomic E-state index is 12.4. The van der Waals surface area contributed by atoms with Crippen LogP contribution < -0.4 is 10.1 Å². The molecule has 1 aliphatic heterocycles. The Bertz CT molecular complexity index is 548. The third kappa shape index (κ3) is 3.24. The van der Waals surface area contributed by atoms with Gasteiger partial charge in [-0.2, -0.15) is 13.2 Å². The van der Waals surface area contributed by atoms with Crippen molar-refractivity contribution in [2.45, 2.75) is 29.3 Å². The third-order valence-electron chi connectivity index (χ3n) is 3.03. The molecule has 0 radical (unpaired) electrons. The molecule has 0 bridgehead atoms. The van der Waals surface area contributed by atoms with Crippen molar-refractivity contribution in [2.75, 3.05) is 13.1 Å². The van der Waals surface area contributed by atoms with E-state index >= 15 is 0 Å². The molecule has 0 atom stereocenters. The van der Waals surface area contributed by atoms with E-state index in [1.54, 1.807) is 0 Å². The first-order valence-electron chi connectivity index (χ1n) is 6.09. The van der Waals surface area contributed by atoms with Crippen LogP contribution >= 0.6 is 0 Å². The van der Waals surface area contributed by atoms with Gasteiger partial charge in [0.1, 0.15) is 11.9 Å². The summed E-state index contributed by atoms with van der Waals surface area (Å²) in [6.07, 6.45) is 1.62. The van der Waals surface area contributed by atoms with Crippen LogP contribution in [0.1, 0.15) is 12.8 Å². The van der Waals surface area contributed by atoms with E-state index in [1.807, 2.05) is 0 Å². The number of alkyl halides is 3. The standard InChI is InChI=1S/C12H14F3NO3S/c13-12(14,15)20(17,18)11-3-1-9(2-4-11)19-10-5-7-16-8-6-10/h1-4,10,16H,5-8H2.